The first-order chi connectivity index (χ1) is 16.1. The Bertz CT molecular complexity index is 926. The van der Waals surface area contributed by atoms with Crippen LogP contribution in [0.15, 0.2) is 60.7 Å². The van der Waals surface area contributed by atoms with Crippen molar-refractivity contribution in [3.63, 3.8) is 0 Å². The van der Waals surface area contributed by atoms with E-state index in [4.69, 9.17) is 5.73 Å². The smallest absolute Gasteiger partial charge is 0.243 e. The Labute approximate surface area is 203 Å². The van der Waals surface area contributed by atoms with E-state index in [-0.39, 0.29) is 17.7 Å². The van der Waals surface area contributed by atoms with E-state index in [1.165, 1.54) is 0 Å². The monoisotopic (exact) mass is 465 g/mol. The summed E-state index contributed by atoms with van der Waals surface area (Å²) < 4.78 is 0. The first-order valence-corrected chi connectivity index (χ1v) is 12.0. The molecule has 0 aliphatic heterocycles. The summed E-state index contributed by atoms with van der Waals surface area (Å²) in [5, 5.41) is 5.68. The lowest BCUT2D eigenvalue weighted by atomic mass is 9.82. The fourth-order valence-electron chi connectivity index (χ4n) is 3.85. The minimum atomic E-state index is -0.868. The normalized spacial score (nSPS) is 13.2. The van der Waals surface area contributed by atoms with Crippen molar-refractivity contribution in [2.75, 3.05) is 0 Å². The Morgan fingerprint density at radius 2 is 1.32 bits per heavy atom. The molecule has 0 spiro atoms. The molecule has 2 aromatic carbocycles. The number of primary amides is 1. The highest BCUT2D eigenvalue weighted by molar-refractivity contribution is 5.92. The van der Waals surface area contributed by atoms with E-state index in [9.17, 15) is 14.4 Å². The second-order valence-corrected chi connectivity index (χ2v) is 10.2. The number of hydrogen-bond acceptors (Lipinski definition) is 3. The Hall–Kier alpha value is -3.15. The number of nitrogens with one attached hydrogen (secondary N) is 2. The van der Waals surface area contributed by atoms with Crippen molar-refractivity contribution in [1.82, 2.24) is 10.6 Å². The van der Waals surface area contributed by atoms with Crippen molar-refractivity contribution in [1.29, 1.82) is 0 Å². The van der Waals surface area contributed by atoms with Crippen molar-refractivity contribution in [3.05, 3.63) is 71.8 Å². The van der Waals surface area contributed by atoms with Crippen LogP contribution in [0.3, 0.4) is 0 Å². The van der Waals surface area contributed by atoms with E-state index in [1.807, 2.05) is 60.7 Å². The van der Waals surface area contributed by atoms with Gasteiger partial charge in [0.05, 0.1) is 0 Å². The largest absolute Gasteiger partial charge is 0.368 e. The van der Waals surface area contributed by atoms with E-state index < -0.39 is 23.9 Å². The molecule has 2 rings (SSSR count). The average molecular weight is 466 g/mol. The lowest BCUT2D eigenvalue weighted by molar-refractivity contribution is -0.132. The maximum Gasteiger partial charge on any atom is 0.243 e. The second-order valence-electron chi connectivity index (χ2n) is 10.2. The number of hydrogen-bond donors (Lipinski definition) is 3. The summed E-state index contributed by atoms with van der Waals surface area (Å²) in [4.78, 5) is 38.2. The lowest BCUT2D eigenvalue weighted by Gasteiger charge is -2.27. The fourth-order valence-corrected chi connectivity index (χ4v) is 3.85. The molecular weight excluding hydrogens is 426 g/mol. The summed E-state index contributed by atoms with van der Waals surface area (Å²) in [6.07, 6.45) is 2.89. The third-order valence-electron chi connectivity index (χ3n) is 5.91. The molecule has 0 unspecified atom stereocenters. The van der Waals surface area contributed by atoms with Crippen LogP contribution in [-0.2, 0) is 27.2 Å². The summed E-state index contributed by atoms with van der Waals surface area (Å²) in [6, 6.07) is 17.2. The molecule has 0 saturated heterocycles. The van der Waals surface area contributed by atoms with E-state index in [0.29, 0.717) is 18.8 Å². The van der Waals surface area contributed by atoms with E-state index in [0.717, 1.165) is 24.0 Å². The first kappa shape index (κ1) is 27.1. The molecule has 2 aromatic rings. The van der Waals surface area contributed by atoms with Gasteiger partial charge in [0.1, 0.15) is 12.1 Å². The molecule has 0 radical (unpaired) electrons. The van der Waals surface area contributed by atoms with Gasteiger partial charge in [-0.25, -0.2) is 0 Å². The Morgan fingerprint density at radius 3 is 1.79 bits per heavy atom. The van der Waals surface area contributed by atoms with E-state index in [2.05, 4.69) is 38.3 Å². The maximum atomic E-state index is 13.2. The van der Waals surface area contributed by atoms with Gasteiger partial charge >= 0.3 is 0 Å². The quantitative estimate of drug-likeness (QED) is 0.420. The van der Waals surface area contributed by atoms with Gasteiger partial charge in [0, 0.05) is 19.3 Å². The summed E-state index contributed by atoms with van der Waals surface area (Å²) in [5.41, 5.74) is 7.22. The highest BCUT2D eigenvalue weighted by atomic mass is 16.2. The fraction of sp³-hybridized carbons (Fsp3) is 0.464. The van der Waals surface area contributed by atoms with Crippen LogP contribution in [0, 0.1) is 11.3 Å². The summed E-state index contributed by atoms with van der Waals surface area (Å²) in [7, 11) is 0. The zero-order valence-electron chi connectivity index (χ0n) is 20.8. The van der Waals surface area contributed by atoms with Gasteiger partial charge in [-0.1, -0.05) is 94.8 Å². The molecule has 0 aromatic heterocycles. The number of nitrogens with two attached hydrogens (primary N) is 1. The van der Waals surface area contributed by atoms with Gasteiger partial charge in [-0.3, -0.25) is 14.4 Å². The molecule has 6 nitrogen and oxygen atoms in total. The number of carbonyl (C=O) groups excluding carboxylic acids is 3. The van der Waals surface area contributed by atoms with Crippen LogP contribution in [0.1, 0.15) is 58.1 Å². The highest BCUT2D eigenvalue weighted by Gasteiger charge is 2.28. The van der Waals surface area contributed by atoms with Gasteiger partial charge in [-0.2, -0.15) is 0 Å². The van der Waals surface area contributed by atoms with Crippen molar-refractivity contribution in [2.45, 2.75) is 71.9 Å². The molecule has 3 amide bonds. The second kappa shape index (κ2) is 12.9. The van der Waals surface area contributed by atoms with Crippen molar-refractivity contribution < 1.29 is 14.4 Å². The van der Waals surface area contributed by atoms with Gasteiger partial charge in [0.25, 0.3) is 0 Å². The van der Waals surface area contributed by atoms with Crippen LogP contribution in [0.25, 0.3) is 0 Å². The van der Waals surface area contributed by atoms with Crippen molar-refractivity contribution >= 4 is 17.7 Å². The van der Waals surface area contributed by atoms with Crippen molar-refractivity contribution in [3.8, 4) is 0 Å². The standard InChI is InChI=1S/C28H39N3O3/c1-20(2)15-16-28(3,4)19-25(32)30-24(18-22-13-9-6-10-14-22)27(34)31-23(26(29)33)17-21-11-7-5-8-12-21/h5-14,20,23-24H,15-19H2,1-4H3,(H2,29,33)(H,30,32)(H,31,34)/t23-,24-/m0/s1. The molecule has 0 heterocycles. The van der Waals surface area contributed by atoms with Crippen LogP contribution in [-0.4, -0.2) is 29.8 Å². The summed E-state index contributed by atoms with van der Waals surface area (Å²) in [5.74, 6) is -0.647. The van der Waals surface area contributed by atoms with Gasteiger partial charge in [0.15, 0.2) is 0 Å². The molecule has 34 heavy (non-hydrogen) atoms. The highest BCUT2D eigenvalue weighted by Crippen LogP contribution is 2.28. The Balaban J connectivity index is 2.12. The number of carbonyl (C=O) groups is 3. The molecule has 6 heteroatoms. The predicted molar refractivity (Wildman–Crippen MR) is 136 cm³/mol. The lowest BCUT2D eigenvalue weighted by Crippen LogP contribution is -2.54. The number of rotatable bonds is 13. The third-order valence-corrected chi connectivity index (χ3v) is 5.91. The van der Waals surface area contributed by atoms with Gasteiger partial charge < -0.3 is 16.4 Å². The minimum Gasteiger partial charge on any atom is -0.368 e. The molecule has 0 bridgehead atoms. The van der Waals surface area contributed by atoms with Gasteiger partial charge in [-0.05, 0) is 28.9 Å². The first-order valence-electron chi connectivity index (χ1n) is 12.0. The molecule has 0 saturated carbocycles. The van der Waals surface area contributed by atoms with E-state index >= 15 is 0 Å². The molecular formula is C28H39N3O3. The minimum absolute atomic E-state index is 0.175. The number of benzene rings is 2. The zero-order valence-corrected chi connectivity index (χ0v) is 20.8. The van der Waals surface area contributed by atoms with Crippen LogP contribution >= 0.6 is 0 Å². The zero-order chi connectivity index (χ0) is 25.1. The summed E-state index contributed by atoms with van der Waals surface area (Å²) >= 11 is 0. The predicted octanol–water partition coefficient (Wildman–Crippen LogP) is 3.78. The van der Waals surface area contributed by atoms with Gasteiger partial charge in [-0.15, -0.1) is 0 Å². The molecule has 184 valence electrons. The summed E-state index contributed by atoms with van der Waals surface area (Å²) in [6.45, 7) is 8.48. The third kappa shape index (κ3) is 9.77. The van der Waals surface area contributed by atoms with Gasteiger partial charge in [0.2, 0.25) is 17.7 Å². The van der Waals surface area contributed by atoms with Crippen molar-refractivity contribution in [2.24, 2.45) is 17.1 Å². The van der Waals surface area contributed by atoms with Crippen LogP contribution in [0.2, 0.25) is 0 Å². The molecule has 0 aliphatic carbocycles. The maximum absolute atomic E-state index is 13.2. The molecule has 4 N–H and O–H groups in total. The Kier molecular flexibility index (Phi) is 10.3. The van der Waals surface area contributed by atoms with E-state index in [1.54, 1.807) is 0 Å². The molecule has 2 atom stereocenters. The molecule has 0 aliphatic rings. The number of amides is 3. The average Bonchev–Trinajstić information content (AvgIpc) is 2.78. The SMILES string of the molecule is CC(C)CCC(C)(C)CC(=O)N[C@@H](Cc1ccccc1)C(=O)N[C@@H](Cc1ccccc1)C(N)=O. The molecule has 0 fully saturated rings. The van der Waals surface area contributed by atoms with Crippen LogP contribution in [0.4, 0.5) is 0 Å². The van der Waals surface area contributed by atoms with Crippen LogP contribution < -0.4 is 16.4 Å². The van der Waals surface area contributed by atoms with Crippen LogP contribution in [0.5, 0.6) is 0 Å². The topological polar surface area (TPSA) is 101 Å². The Morgan fingerprint density at radius 1 is 0.824 bits per heavy atom.